The molecule has 7 aromatic carbocycles. The van der Waals surface area contributed by atoms with Crippen molar-refractivity contribution in [3.63, 3.8) is 0 Å². The standard InChI is InChI=1S/C47H38F2O.C2H6/c1-4-31(2)46-38(36-21-11-19-34(27-36)32-15-7-5-8-16-32)23-13-25-40(46)42-29-45(49)43(30-44(42)48)41-26-14-24-39(47(41)50-3)37-22-12-20-35(28-37)33-17-9-6-10-18-33;1-2/h5-31H,4H2,1-3H3;1-2H3. The molecule has 0 spiro atoms. The third-order valence-electron chi connectivity index (χ3n) is 9.63. The molecule has 0 N–H and O–H groups in total. The molecule has 0 aliphatic rings. The van der Waals surface area contributed by atoms with Crippen molar-refractivity contribution >= 4 is 0 Å². The summed E-state index contributed by atoms with van der Waals surface area (Å²) in [7, 11) is 1.57. The fraction of sp³-hybridized carbons (Fsp3) is 0.143. The minimum atomic E-state index is -0.513. The highest BCUT2D eigenvalue weighted by atomic mass is 19.1. The van der Waals surface area contributed by atoms with Crippen LogP contribution in [0.5, 0.6) is 5.75 Å². The van der Waals surface area contributed by atoms with Gasteiger partial charge in [0.25, 0.3) is 0 Å². The maximum atomic E-state index is 16.5. The van der Waals surface area contributed by atoms with Crippen LogP contribution in [0.4, 0.5) is 8.78 Å². The van der Waals surface area contributed by atoms with Crippen LogP contribution in [0.25, 0.3) is 66.8 Å². The van der Waals surface area contributed by atoms with Gasteiger partial charge in [0.2, 0.25) is 0 Å². The van der Waals surface area contributed by atoms with Gasteiger partial charge in [0.15, 0.2) is 0 Å². The Hall–Kier alpha value is -5.80. The molecule has 0 heterocycles. The first-order valence-corrected chi connectivity index (χ1v) is 18.1. The highest BCUT2D eigenvalue weighted by Crippen LogP contribution is 2.44. The van der Waals surface area contributed by atoms with Crippen LogP contribution in [0.3, 0.4) is 0 Å². The van der Waals surface area contributed by atoms with Gasteiger partial charge in [-0.15, -0.1) is 0 Å². The van der Waals surface area contributed by atoms with E-state index in [1.807, 2.05) is 86.6 Å². The first-order valence-electron chi connectivity index (χ1n) is 18.1. The molecule has 0 saturated heterocycles. The molecular weight excluding hydrogens is 643 g/mol. The molecule has 0 aromatic heterocycles. The van der Waals surface area contributed by atoms with E-state index in [2.05, 4.69) is 80.6 Å². The zero-order valence-corrected chi connectivity index (χ0v) is 30.5. The molecule has 1 atom stereocenters. The second-order valence-electron chi connectivity index (χ2n) is 12.7. The van der Waals surface area contributed by atoms with Crippen LogP contribution in [0, 0.1) is 11.6 Å². The van der Waals surface area contributed by atoms with Crippen molar-refractivity contribution in [1.82, 2.24) is 0 Å². The summed E-state index contributed by atoms with van der Waals surface area (Å²) in [6, 6.07) is 51.2. The van der Waals surface area contributed by atoms with Crippen molar-refractivity contribution in [3.05, 3.63) is 175 Å². The molecule has 0 saturated carbocycles. The number of halogens is 2. The lowest BCUT2D eigenvalue weighted by Gasteiger charge is -2.22. The molecule has 0 amide bonds. The van der Waals surface area contributed by atoms with Crippen LogP contribution in [-0.2, 0) is 0 Å². The second-order valence-corrected chi connectivity index (χ2v) is 12.7. The number of ether oxygens (including phenoxy) is 1. The van der Waals surface area contributed by atoms with E-state index in [9.17, 15) is 0 Å². The van der Waals surface area contributed by atoms with Crippen LogP contribution < -0.4 is 4.74 Å². The van der Waals surface area contributed by atoms with E-state index in [1.165, 1.54) is 12.1 Å². The van der Waals surface area contributed by atoms with Crippen molar-refractivity contribution in [1.29, 1.82) is 0 Å². The van der Waals surface area contributed by atoms with Gasteiger partial charge in [-0.25, -0.2) is 8.78 Å². The zero-order valence-electron chi connectivity index (χ0n) is 30.5. The summed E-state index contributed by atoms with van der Waals surface area (Å²) in [6.45, 7) is 8.27. The summed E-state index contributed by atoms with van der Waals surface area (Å²) >= 11 is 0. The summed E-state index contributed by atoms with van der Waals surface area (Å²) in [4.78, 5) is 0. The largest absolute Gasteiger partial charge is 0.495 e. The Labute approximate surface area is 307 Å². The summed E-state index contributed by atoms with van der Waals surface area (Å²) in [5.74, 6) is -0.405. The molecular formula is C49H44F2O. The Balaban J connectivity index is 0.00000228. The SMILES string of the molecule is CC.CCC(C)c1c(-c2cccc(-c3ccccc3)c2)cccc1-c1cc(F)c(-c2cccc(-c3cccc(-c4ccccc4)c3)c2OC)cc1F. The molecule has 0 bridgehead atoms. The smallest absolute Gasteiger partial charge is 0.134 e. The van der Waals surface area contributed by atoms with Gasteiger partial charge in [-0.3, -0.25) is 0 Å². The van der Waals surface area contributed by atoms with E-state index in [4.69, 9.17) is 4.74 Å². The van der Waals surface area contributed by atoms with Gasteiger partial charge in [-0.05, 0) is 86.7 Å². The monoisotopic (exact) mass is 686 g/mol. The Morgan fingerprint density at radius 1 is 0.442 bits per heavy atom. The van der Waals surface area contributed by atoms with Crippen molar-refractivity contribution in [3.8, 4) is 72.5 Å². The first kappa shape index (κ1) is 36.0. The number of para-hydroxylation sites is 1. The van der Waals surface area contributed by atoms with Crippen LogP contribution in [0.2, 0.25) is 0 Å². The first-order chi connectivity index (χ1) is 25.5. The molecule has 1 nitrogen and oxygen atoms in total. The molecule has 3 heteroatoms. The van der Waals surface area contributed by atoms with Gasteiger partial charge in [0, 0.05) is 22.3 Å². The summed E-state index contributed by atoms with van der Waals surface area (Å²) in [6.07, 6.45) is 0.847. The number of methoxy groups -OCH3 is 1. The minimum Gasteiger partial charge on any atom is -0.495 e. The van der Waals surface area contributed by atoms with Crippen molar-refractivity contribution in [2.45, 2.75) is 40.0 Å². The van der Waals surface area contributed by atoms with Gasteiger partial charge >= 0.3 is 0 Å². The van der Waals surface area contributed by atoms with Crippen LogP contribution in [0.1, 0.15) is 45.6 Å². The Kier molecular flexibility index (Phi) is 11.4. The number of hydrogen-bond donors (Lipinski definition) is 0. The third kappa shape index (κ3) is 7.31. The lowest BCUT2D eigenvalue weighted by molar-refractivity contribution is 0.417. The quantitative estimate of drug-likeness (QED) is 0.147. The second kappa shape index (κ2) is 16.5. The Morgan fingerprint density at radius 3 is 1.37 bits per heavy atom. The number of rotatable bonds is 9. The molecule has 7 aromatic rings. The molecule has 1 unspecified atom stereocenters. The van der Waals surface area contributed by atoms with Crippen molar-refractivity contribution in [2.75, 3.05) is 7.11 Å². The minimum absolute atomic E-state index is 0.104. The average Bonchev–Trinajstić information content (AvgIpc) is 3.22. The Morgan fingerprint density at radius 2 is 0.846 bits per heavy atom. The lowest BCUT2D eigenvalue weighted by Crippen LogP contribution is -2.02. The molecule has 0 radical (unpaired) electrons. The maximum Gasteiger partial charge on any atom is 0.134 e. The fourth-order valence-electron chi connectivity index (χ4n) is 6.94. The normalized spacial score (nSPS) is 11.4. The van der Waals surface area contributed by atoms with E-state index < -0.39 is 11.6 Å². The topological polar surface area (TPSA) is 9.23 Å². The molecule has 260 valence electrons. The molecule has 7 rings (SSSR count). The van der Waals surface area contributed by atoms with Gasteiger partial charge in [-0.2, -0.15) is 0 Å². The summed E-state index contributed by atoms with van der Waals surface area (Å²) < 4.78 is 38.8. The molecule has 0 aliphatic carbocycles. The van der Waals surface area contributed by atoms with Gasteiger partial charge in [0.1, 0.15) is 17.4 Å². The fourth-order valence-corrected chi connectivity index (χ4v) is 6.94. The zero-order chi connectivity index (χ0) is 36.6. The molecule has 0 aliphatic heterocycles. The van der Waals surface area contributed by atoms with Crippen molar-refractivity contribution in [2.24, 2.45) is 0 Å². The third-order valence-corrected chi connectivity index (χ3v) is 9.63. The number of benzene rings is 7. The van der Waals surface area contributed by atoms with Crippen molar-refractivity contribution < 1.29 is 13.5 Å². The molecule has 0 fully saturated rings. The average molecular weight is 687 g/mol. The summed E-state index contributed by atoms with van der Waals surface area (Å²) in [5.41, 5.74) is 10.8. The van der Waals surface area contributed by atoms with E-state index in [1.54, 1.807) is 13.2 Å². The highest BCUT2D eigenvalue weighted by Gasteiger charge is 2.23. The highest BCUT2D eigenvalue weighted by molar-refractivity contribution is 5.87. The van der Waals surface area contributed by atoms with E-state index >= 15 is 8.78 Å². The van der Waals surface area contributed by atoms with Crippen LogP contribution >= 0.6 is 0 Å². The van der Waals surface area contributed by atoms with E-state index in [-0.39, 0.29) is 17.0 Å². The number of hydrogen-bond acceptors (Lipinski definition) is 1. The van der Waals surface area contributed by atoms with E-state index in [0.29, 0.717) is 16.9 Å². The summed E-state index contributed by atoms with van der Waals surface area (Å²) in [5, 5.41) is 0. The van der Waals surface area contributed by atoms with Gasteiger partial charge in [-0.1, -0.05) is 161 Å². The van der Waals surface area contributed by atoms with Crippen LogP contribution in [-0.4, -0.2) is 7.11 Å². The van der Waals surface area contributed by atoms with Crippen LogP contribution in [0.15, 0.2) is 158 Å². The predicted molar refractivity (Wildman–Crippen MR) is 216 cm³/mol. The Bertz CT molecular complexity index is 2270. The molecule has 52 heavy (non-hydrogen) atoms. The predicted octanol–water partition coefficient (Wildman–Crippen LogP) is 14.5. The van der Waals surface area contributed by atoms with Gasteiger partial charge in [0.05, 0.1) is 7.11 Å². The van der Waals surface area contributed by atoms with Gasteiger partial charge < -0.3 is 4.74 Å². The van der Waals surface area contributed by atoms with E-state index in [0.717, 1.165) is 56.5 Å². The lowest BCUT2D eigenvalue weighted by atomic mass is 9.83. The maximum absolute atomic E-state index is 16.5.